The molecule has 0 saturated heterocycles. The van der Waals surface area contributed by atoms with Gasteiger partial charge in [-0.25, -0.2) is 0 Å². The van der Waals surface area contributed by atoms with Gasteiger partial charge in [0.15, 0.2) is 28.8 Å². The Balaban J connectivity index is 2.58. The van der Waals surface area contributed by atoms with E-state index in [-0.39, 0.29) is 17.0 Å². The smallest absolute Gasteiger partial charge is 0.203 e. The lowest BCUT2D eigenvalue weighted by molar-refractivity contribution is 0.103. The molecule has 25 heavy (non-hydrogen) atoms. The topological polar surface area (TPSA) is 89.2 Å². The average Bonchev–Trinajstić information content (AvgIpc) is 2.65. The molecule has 2 rings (SSSR count). The van der Waals surface area contributed by atoms with Crippen molar-refractivity contribution >= 4 is 11.5 Å². The Labute approximate surface area is 146 Å². The molecule has 0 aliphatic heterocycles. The highest BCUT2D eigenvalue weighted by atomic mass is 16.5. The summed E-state index contributed by atoms with van der Waals surface area (Å²) in [7, 11) is 7.44. The molecule has 0 fully saturated rings. The largest absolute Gasteiger partial charge is 0.493 e. The first kappa shape index (κ1) is 18.3. The summed E-state index contributed by atoms with van der Waals surface area (Å²) in [5.41, 5.74) is 6.91. The molecule has 0 aliphatic rings. The number of ether oxygens (including phenoxy) is 5. The number of rotatable bonds is 7. The fourth-order valence-corrected chi connectivity index (χ4v) is 2.46. The zero-order chi connectivity index (χ0) is 18.6. The number of nitrogens with two attached hydrogens (primary N) is 1. The minimum Gasteiger partial charge on any atom is -0.493 e. The Kier molecular flexibility index (Phi) is 5.59. The van der Waals surface area contributed by atoms with Crippen molar-refractivity contribution < 1.29 is 28.5 Å². The van der Waals surface area contributed by atoms with Gasteiger partial charge < -0.3 is 29.4 Å². The molecule has 2 aromatic carbocycles. The van der Waals surface area contributed by atoms with Gasteiger partial charge in [0.05, 0.1) is 35.5 Å². The third-order valence-electron chi connectivity index (χ3n) is 3.73. The van der Waals surface area contributed by atoms with Crippen LogP contribution in [0.15, 0.2) is 24.3 Å². The first-order valence-electron chi connectivity index (χ1n) is 7.36. The second kappa shape index (κ2) is 7.65. The fraction of sp³-hybridized carbons (Fsp3) is 0.278. The summed E-state index contributed by atoms with van der Waals surface area (Å²) in [6.45, 7) is 0. The second-order valence-corrected chi connectivity index (χ2v) is 5.04. The number of methoxy groups -OCH3 is 5. The van der Waals surface area contributed by atoms with E-state index < -0.39 is 0 Å². The summed E-state index contributed by atoms with van der Waals surface area (Å²) in [6.07, 6.45) is 0. The normalized spacial score (nSPS) is 10.1. The van der Waals surface area contributed by atoms with Crippen molar-refractivity contribution in [2.45, 2.75) is 0 Å². The van der Waals surface area contributed by atoms with Gasteiger partial charge in [-0.05, 0) is 18.2 Å². The second-order valence-electron chi connectivity index (χ2n) is 5.04. The third kappa shape index (κ3) is 3.40. The van der Waals surface area contributed by atoms with Gasteiger partial charge in [0.25, 0.3) is 0 Å². The van der Waals surface area contributed by atoms with Crippen molar-refractivity contribution in [3.63, 3.8) is 0 Å². The van der Waals surface area contributed by atoms with E-state index in [1.807, 2.05) is 0 Å². The van der Waals surface area contributed by atoms with Gasteiger partial charge in [-0.3, -0.25) is 4.79 Å². The maximum absolute atomic E-state index is 12.9. The lowest BCUT2D eigenvalue weighted by Gasteiger charge is -2.15. The van der Waals surface area contributed by atoms with Gasteiger partial charge in [-0.1, -0.05) is 0 Å². The zero-order valence-electron chi connectivity index (χ0n) is 14.8. The van der Waals surface area contributed by atoms with Crippen LogP contribution in [0.3, 0.4) is 0 Å². The molecule has 0 aromatic heterocycles. The van der Waals surface area contributed by atoms with E-state index in [1.165, 1.54) is 35.5 Å². The monoisotopic (exact) mass is 347 g/mol. The van der Waals surface area contributed by atoms with E-state index in [1.54, 1.807) is 24.3 Å². The highest BCUT2D eigenvalue weighted by Gasteiger charge is 2.21. The molecule has 2 N–H and O–H groups in total. The number of carbonyl (C=O) groups excluding carboxylic acids is 1. The van der Waals surface area contributed by atoms with E-state index >= 15 is 0 Å². The summed E-state index contributed by atoms with van der Waals surface area (Å²) < 4.78 is 26.3. The zero-order valence-corrected chi connectivity index (χ0v) is 14.8. The molecule has 7 nitrogen and oxygen atoms in total. The Hall–Kier alpha value is -3.09. The summed E-state index contributed by atoms with van der Waals surface area (Å²) in [5, 5.41) is 0. The van der Waals surface area contributed by atoms with Crippen molar-refractivity contribution in [2.75, 3.05) is 41.3 Å². The molecule has 0 aliphatic carbocycles. The first-order chi connectivity index (χ1) is 12.0. The molecular formula is C18H21NO6. The number of ketones is 1. The maximum Gasteiger partial charge on any atom is 0.203 e. The molecule has 0 bridgehead atoms. The van der Waals surface area contributed by atoms with Gasteiger partial charge in [0, 0.05) is 22.9 Å². The molecular weight excluding hydrogens is 326 g/mol. The molecule has 2 aromatic rings. The van der Waals surface area contributed by atoms with Crippen molar-refractivity contribution in [3.05, 3.63) is 35.4 Å². The van der Waals surface area contributed by atoms with Gasteiger partial charge in [0.1, 0.15) is 0 Å². The predicted octanol–water partition coefficient (Wildman–Crippen LogP) is 2.54. The van der Waals surface area contributed by atoms with Crippen LogP contribution >= 0.6 is 0 Å². The molecule has 0 unspecified atom stereocenters. The van der Waals surface area contributed by atoms with Crippen LogP contribution in [0.1, 0.15) is 15.9 Å². The highest BCUT2D eigenvalue weighted by Crippen LogP contribution is 2.40. The van der Waals surface area contributed by atoms with Crippen molar-refractivity contribution in [1.29, 1.82) is 0 Å². The Morgan fingerprint density at radius 2 is 1.20 bits per heavy atom. The van der Waals surface area contributed by atoms with Crippen LogP contribution in [0.25, 0.3) is 0 Å². The third-order valence-corrected chi connectivity index (χ3v) is 3.73. The van der Waals surface area contributed by atoms with Crippen LogP contribution in [0, 0.1) is 0 Å². The Bertz CT molecular complexity index is 762. The van der Waals surface area contributed by atoms with Crippen LogP contribution in [-0.2, 0) is 0 Å². The van der Waals surface area contributed by atoms with E-state index in [2.05, 4.69) is 0 Å². The lowest BCUT2D eigenvalue weighted by atomic mass is 10.00. The average molecular weight is 347 g/mol. The number of hydrogen-bond acceptors (Lipinski definition) is 7. The summed E-state index contributed by atoms with van der Waals surface area (Å²) >= 11 is 0. The van der Waals surface area contributed by atoms with Gasteiger partial charge in [-0.15, -0.1) is 0 Å². The van der Waals surface area contributed by atoms with Gasteiger partial charge >= 0.3 is 0 Å². The standard InChI is InChI=1S/C18H21NO6/c1-21-13-8-11(12(19)9-14(13)22-2)17(20)10-6-15(23-3)18(25-5)16(7-10)24-4/h6-9H,19H2,1-5H3. The molecule has 0 radical (unpaired) electrons. The number of nitrogen functional groups attached to an aromatic ring is 1. The molecule has 0 amide bonds. The molecule has 0 heterocycles. The Morgan fingerprint density at radius 1 is 0.720 bits per heavy atom. The number of anilines is 1. The van der Waals surface area contributed by atoms with E-state index in [4.69, 9.17) is 29.4 Å². The van der Waals surface area contributed by atoms with Crippen LogP contribution < -0.4 is 29.4 Å². The molecule has 134 valence electrons. The van der Waals surface area contributed by atoms with E-state index in [0.29, 0.717) is 34.3 Å². The first-order valence-corrected chi connectivity index (χ1v) is 7.36. The SMILES string of the molecule is COc1cc(N)c(C(=O)c2cc(OC)c(OC)c(OC)c2)cc1OC. The summed E-state index contributed by atoms with van der Waals surface area (Å²) in [5.74, 6) is 1.71. The Morgan fingerprint density at radius 3 is 1.64 bits per heavy atom. The minimum absolute atomic E-state index is 0.274. The van der Waals surface area contributed by atoms with Crippen molar-refractivity contribution in [3.8, 4) is 28.7 Å². The minimum atomic E-state index is -0.308. The van der Waals surface area contributed by atoms with Crippen molar-refractivity contribution in [2.24, 2.45) is 0 Å². The van der Waals surface area contributed by atoms with Gasteiger partial charge in [-0.2, -0.15) is 0 Å². The van der Waals surface area contributed by atoms with Crippen LogP contribution in [-0.4, -0.2) is 41.3 Å². The van der Waals surface area contributed by atoms with E-state index in [9.17, 15) is 4.79 Å². The van der Waals surface area contributed by atoms with Gasteiger partial charge in [0.2, 0.25) is 5.75 Å². The van der Waals surface area contributed by atoms with Crippen LogP contribution in [0.2, 0.25) is 0 Å². The number of hydrogen-bond donors (Lipinski definition) is 1. The predicted molar refractivity (Wildman–Crippen MR) is 93.5 cm³/mol. The van der Waals surface area contributed by atoms with Crippen molar-refractivity contribution in [1.82, 2.24) is 0 Å². The maximum atomic E-state index is 12.9. The lowest BCUT2D eigenvalue weighted by Crippen LogP contribution is -2.08. The molecule has 0 saturated carbocycles. The summed E-state index contributed by atoms with van der Waals surface area (Å²) in [6, 6.07) is 6.23. The molecule has 0 atom stereocenters. The van der Waals surface area contributed by atoms with Crippen LogP contribution in [0.5, 0.6) is 28.7 Å². The number of carbonyl (C=O) groups is 1. The summed E-state index contributed by atoms with van der Waals surface area (Å²) in [4.78, 5) is 12.9. The highest BCUT2D eigenvalue weighted by molar-refractivity contribution is 6.13. The molecule has 0 spiro atoms. The van der Waals surface area contributed by atoms with Crippen LogP contribution in [0.4, 0.5) is 5.69 Å². The molecule has 7 heteroatoms. The fourth-order valence-electron chi connectivity index (χ4n) is 2.46. The van der Waals surface area contributed by atoms with E-state index in [0.717, 1.165) is 0 Å². The quantitative estimate of drug-likeness (QED) is 0.608. The number of benzene rings is 2.